The predicted molar refractivity (Wildman–Crippen MR) is 389 cm³/mol. The number of fused-ring (bicyclic) bond motifs is 2. The van der Waals surface area contributed by atoms with Crippen LogP contribution in [0.3, 0.4) is 0 Å². The molecule has 6 heterocycles. The lowest BCUT2D eigenvalue weighted by Gasteiger charge is -2.33. The number of ether oxygens (including phenoxy) is 6. The van der Waals surface area contributed by atoms with Gasteiger partial charge in [-0.05, 0) is 189 Å². The average Bonchev–Trinajstić information content (AvgIpc) is 1.20. The zero-order chi connectivity index (χ0) is 69.2. The molecule has 6 fully saturated rings. The number of aliphatic hydroxyl groups is 3. The van der Waals surface area contributed by atoms with Crippen molar-refractivity contribution in [3.8, 4) is 17.2 Å². The molecule has 0 spiro atoms. The van der Waals surface area contributed by atoms with Crippen LogP contribution in [0.5, 0.6) is 17.2 Å². The molecule has 522 valence electrons. The van der Waals surface area contributed by atoms with Gasteiger partial charge in [0, 0.05) is 72.3 Å². The summed E-state index contributed by atoms with van der Waals surface area (Å²) >= 11 is 0. The minimum Gasteiger partial charge on any atom is -0.490 e. The lowest BCUT2D eigenvalue weighted by atomic mass is 9.88. The number of β-amino-alcohol motifs (C(OH)–C–C–N with tert-alkyl or cyclic N) is 3. The van der Waals surface area contributed by atoms with Gasteiger partial charge in [0.25, 0.3) is 0 Å². The molecule has 100 heavy (non-hydrogen) atoms. The molecule has 0 aromatic heterocycles. The average molecular weight is 1350 g/mol. The van der Waals surface area contributed by atoms with Gasteiger partial charge in [-0.2, -0.15) is 0 Å². The third kappa shape index (κ3) is 19.5. The molecule has 8 aromatic carbocycles. The number of likely N-dealkylation sites (tertiary alicyclic amines) is 3. The first-order chi connectivity index (χ1) is 48.8. The number of aliphatic hydroxyl groups excluding tert-OH is 3. The number of nitrogens with zero attached hydrogens (tertiary/aromatic N) is 3. The Hall–Kier alpha value is -9.00. The topological polar surface area (TPSA) is 177 Å². The number of para-hydroxylation sites is 3. The van der Waals surface area contributed by atoms with E-state index in [0.717, 1.165) is 100 Å². The van der Waals surface area contributed by atoms with E-state index in [4.69, 9.17) is 28.4 Å². The molecule has 0 amide bonds. The van der Waals surface area contributed by atoms with E-state index in [2.05, 4.69) is 99.6 Å². The molecule has 15 nitrogen and oxygen atoms in total. The van der Waals surface area contributed by atoms with E-state index in [1.807, 2.05) is 97.1 Å². The molecule has 3 N–H and O–H groups in total. The summed E-state index contributed by atoms with van der Waals surface area (Å²) in [5.74, 6) is 2.52. The van der Waals surface area contributed by atoms with Crippen molar-refractivity contribution in [2.24, 2.45) is 0 Å². The maximum atomic E-state index is 13.9. The Balaban J connectivity index is 0.000000142. The monoisotopic (exact) mass is 1350 g/mol. The fourth-order valence-electron chi connectivity index (χ4n) is 14.2. The van der Waals surface area contributed by atoms with Crippen molar-refractivity contribution in [2.75, 3.05) is 98.5 Å². The van der Waals surface area contributed by atoms with E-state index in [0.29, 0.717) is 116 Å². The number of carbonyl (C=O) groups excluding carboxylic acids is 3. The van der Waals surface area contributed by atoms with Crippen molar-refractivity contribution >= 4 is 57.7 Å². The second kappa shape index (κ2) is 34.9. The number of piperidine rings is 3. The van der Waals surface area contributed by atoms with Crippen molar-refractivity contribution < 1.29 is 62.5 Å². The fraction of sp³-hybridized carbons (Fsp3) is 0.369. The van der Waals surface area contributed by atoms with Gasteiger partial charge in [-0.25, -0.2) is 18.8 Å². The maximum Gasteiger partial charge on any atom is 0.334 e. The van der Waals surface area contributed by atoms with Crippen LogP contribution in [0.15, 0.2) is 193 Å². The fourth-order valence-corrected chi connectivity index (χ4v) is 14.2. The SMILES string of the molecule is Cc1ccc(C2CCN(C[C@H](O)COc3ccccc3/C=C3\CCOC3=O)CC2)cc1F.O=C1OCC/C1=C\c1ccccc1OCC(O)CN1CCC(c2ccc3ccccc3c2)CC1.O=C1OCC/C1=C\c1ccccc1OC[C@H](O)CN1CCC(c2ccc3ccccc3c2)CC1. The van der Waals surface area contributed by atoms with Crippen molar-refractivity contribution in [3.63, 3.8) is 0 Å². The summed E-state index contributed by atoms with van der Waals surface area (Å²) in [5, 5.41) is 36.9. The van der Waals surface area contributed by atoms with Gasteiger partial charge in [0.05, 0.1) is 19.8 Å². The van der Waals surface area contributed by atoms with Crippen LogP contribution in [0.25, 0.3) is 39.8 Å². The molecule has 0 aliphatic carbocycles. The van der Waals surface area contributed by atoms with Crippen LogP contribution in [0.2, 0.25) is 0 Å². The molecule has 0 bridgehead atoms. The van der Waals surface area contributed by atoms with Crippen molar-refractivity contribution in [1.82, 2.24) is 14.7 Å². The summed E-state index contributed by atoms with van der Waals surface area (Å²) in [6.07, 6.45) is 11.8. The summed E-state index contributed by atoms with van der Waals surface area (Å²) in [6.45, 7) is 11.0. The highest BCUT2D eigenvalue weighted by molar-refractivity contribution is 5.97. The number of halogens is 1. The molecular formula is C84H92FN3O12. The summed E-state index contributed by atoms with van der Waals surface area (Å²) in [5.41, 5.74) is 9.00. The Kier molecular flexibility index (Phi) is 24.7. The highest BCUT2D eigenvalue weighted by Crippen LogP contribution is 2.35. The summed E-state index contributed by atoms with van der Waals surface area (Å²) < 4.78 is 46.7. The second-order valence-corrected chi connectivity index (χ2v) is 27.1. The van der Waals surface area contributed by atoms with Crippen molar-refractivity contribution in [2.45, 2.75) is 101 Å². The maximum absolute atomic E-state index is 13.9. The van der Waals surface area contributed by atoms with E-state index in [-0.39, 0.29) is 43.5 Å². The first-order valence-corrected chi connectivity index (χ1v) is 35.5. The molecule has 6 aliphatic rings. The van der Waals surface area contributed by atoms with Gasteiger partial charge in [0.2, 0.25) is 0 Å². The number of hydrogen-bond donors (Lipinski definition) is 3. The number of aryl methyl sites for hydroxylation is 1. The third-order valence-electron chi connectivity index (χ3n) is 20.0. The minimum absolute atomic E-state index is 0.141. The molecule has 1 unspecified atom stereocenters. The zero-order valence-electron chi connectivity index (χ0n) is 57.1. The summed E-state index contributed by atoms with van der Waals surface area (Å²) in [7, 11) is 0. The van der Waals surface area contributed by atoms with E-state index in [9.17, 15) is 34.1 Å². The Bertz CT molecular complexity index is 4000. The highest BCUT2D eigenvalue weighted by atomic mass is 19.1. The van der Waals surface area contributed by atoms with Gasteiger partial charge in [-0.1, -0.05) is 152 Å². The van der Waals surface area contributed by atoms with E-state index >= 15 is 0 Å². The predicted octanol–water partition coefficient (Wildman–Crippen LogP) is 13.7. The van der Waals surface area contributed by atoms with Crippen LogP contribution in [0, 0.1) is 12.7 Å². The van der Waals surface area contributed by atoms with Gasteiger partial charge >= 0.3 is 17.9 Å². The van der Waals surface area contributed by atoms with Crippen LogP contribution < -0.4 is 14.2 Å². The summed E-state index contributed by atoms with van der Waals surface area (Å²) in [4.78, 5) is 42.2. The molecule has 6 saturated heterocycles. The van der Waals surface area contributed by atoms with Crippen LogP contribution in [0.4, 0.5) is 4.39 Å². The lowest BCUT2D eigenvalue weighted by Crippen LogP contribution is -2.40. The van der Waals surface area contributed by atoms with E-state index in [1.165, 1.54) is 32.7 Å². The van der Waals surface area contributed by atoms with Gasteiger partial charge in [0.15, 0.2) is 0 Å². The Labute approximate surface area is 586 Å². The smallest absolute Gasteiger partial charge is 0.334 e. The normalized spacial score (nSPS) is 19.6. The Morgan fingerprint density at radius 3 is 1.03 bits per heavy atom. The van der Waals surface area contributed by atoms with Crippen LogP contribution in [-0.2, 0) is 28.6 Å². The van der Waals surface area contributed by atoms with Gasteiger partial charge in [-0.3, -0.25) is 0 Å². The largest absolute Gasteiger partial charge is 0.490 e. The summed E-state index contributed by atoms with van der Waals surface area (Å²) in [6, 6.07) is 58.9. The lowest BCUT2D eigenvalue weighted by molar-refractivity contribution is -0.135. The molecule has 16 heteroatoms. The number of carbonyl (C=O) groups is 3. The highest BCUT2D eigenvalue weighted by Gasteiger charge is 2.28. The van der Waals surface area contributed by atoms with Gasteiger partial charge < -0.3 is 58.4 Å². The van der Waals surface area contributed by atoms with Crippen LogP contribution in [-0.4, -0.2) is 165 Å². The minimum atomic E-state index is -0.625. The third-order valence-corrected chi connectivity index (χ3v) is 20.0. The van der Waals surface area contributed by atoms with Gasteiger partial charge in [-0.15, -0.1) is 0 Å². The molecule has 6 aliphatic heterocycles. The standard InChI is InChI=1S/2C29H31NO4.C26H30FNO4/c2*31-27(20-34-28-8-4-3-7-25(28)18-26-13-16-33-29(26)32)19-30-14-11-22(12-15-30)24-10-9-21-5-1-2-6-23(21)17-24;1-18-6-7-20(15-24(18)27)19-8-11-28(12-9-19)16-23(29)17-32-25-5-3-2-4-21(25)14-22-10-13-31-26(22)30/h2*1-10,17-18,22,27,31H,11-16,19-20H2;2-7,14-15,19,23,29H,8-13,16-17H2,1H3/b2*26-18+;22-14+/t27-;;23-/m1.0/s1. The van der Waals surface area contributed by atoms with Crippen LogP contribution in [0.1, 0.15) is 114 Å². The molecular weight excluding hydrogens is 1260 g/mol. The molecule has 3 atom stereocenters. The molecule has 8 aromatic rings. The Morgan fingerprint density at radius 2 is 0.710 bits per heavy atom. The number of benzene rings is 8. The van der Waals surface area contributed by atoms with E-state index in [1.54, 1.807) is 19.1 Å². The molecule has 0 radical (unpaired) electrons. The molecule has 14 rings (SSSR count). The quantitative estimate of drug-likeness (QED) is 0.0351. The van der Waals surface area contributed by atoms with Crippen molar-refractivity contribution in [3.05, 3.63) is 237 Å². The van der Waals surface area contributed by atoms with Gasteiger partial charge in [0.1, 0.15) is 61.2 Å². The second-order valence-electron chi connectivity index (χ2n) is 27.1. The van der Waals surface area contributed by atoms with E-state index < -0.39 is 18.3 Å². The zero-order valence-corrected chi connectivity index (χ0v) is 57.1. The van der Waals surface area contributed by atoms with Crippen LogP contribution >= 0.6 is 0 Å². The Morgan fingerprint density at radius 1 is 0.410 bits per heavy atom. The number of hydrogen-bond acceptors (Lipinski definition) is 15. The molecule has 0 saturated carbocycles. The first kappa shape index (κ1) is 70.8. The number of esters is 3. The van der Waals surface area contributed by atoms with Crippen molar-refractivity contribution in [1.29, 1.82) is 0 Å². The number of cyclic esters (lactones) is 3. The number of rotatable bonds is 21. The first-order valence-electron chi connectivity index (χ1n) is 35.5.